The molecule has 0 aliphatic rings. The highest BCUT2D eigenvalue weighted by molar-refractivity contribution is 7.08. The van der Waals surface area contributed by atoms with Crippen LogP contribution in [0.1, 0.15) is 18.9 Å². The van der Waals surface area contributed by atoms with Crippen LogP contribution in [0.4, 0.5) is 4.79 Å². The number of aliphatic hydroxyl groups is 1. The summed E-state index contributed by atoms with van der Waals surface area (Å²) in [6.07, 6.45) is 4.42. The minimum absolute atomic E-state index is 0.175. The summed E-state index contributed by atoms with van der Waals surface area (Å²) in [7, 11) is 0. The molecular formula is C14H20N4O2S. The molecule has 7 heteroatoms. The van der Waals surface area contributed by atoms with Gasteiger partial charge >= 0.3 is 6.03 Å². The largest absolute Gasteiger partial charge is 0.384 e. The van der Waals surface area contributed by atoms with E-state index in [1.54, 1.807) is 13.1 Å². The normalized spacial score (nSPS) is 13.6. The molecule has 0 bridgehead atoms. The van der Waals surface area contributed by atoms with Gasteiger partial charge in [-0.3, -0.25) is 4.68 Å². The Kier molecular flexibility index (Phi) is 5.35. The van der Waals surface area contributed by atoms with Crippen LogP contribution in [-0.4, -0.2) is 34.0 Å². The zero-order valence-electron chi connectivity index (χ0n) is 12.0. The molecule has 2 heterocycles. The van der Waals surface area contributed by atoms with E-state index >= 15 is 0 Å². The van der Waals surface area contributed by atoms with Gasteiger partial charge in [0, 0.05) is 25.5 Å². The van der Waals surface area contributed by atoms with Crippen molar-refractivity contribution in [3.63, 3.8) is 0 Å². The maximum Gasteiger partial charge on any atom is 0.314 e. The second-order valence-electron chi connectivity index (χ2n) is 5.02. The first kappa shape index (κ1) is 15.5. The van der Waals surface area contributed by atoms with Crippen molar-refractivity contribution >= 4 is 17.4 Å². The zero-order chi connectivity index (χ0) is 15.1. The van der Waals surface area contributed by atoms with Gasteiger partial charge in [-0.05, 0) is 41.8 Å². The van der Waals surface area contributed by atoms with Crippen LogP contribution in [0.2, 0.25) is 0 Å². The van der Waals surface area contributed by atoms with Crippen LogP contribution in [0.15, 0.2) is 35.3 Å². The molecule has 0 aliphatic heterocycles. The number of hydrogen-bond acceptors (Lipinski definition) is 4. The molecule has 3 N–H and O–H groups in total. The smallest absolute Gasteiger partial charge is 0.314 e. The Morgan fingerprint density at radius 3 is 3.05 bits per heavy atom. The maximum atomic E-state index is 11.7. The second-order valence-corrected chi connectivity index (χ2v) is 5.80. The number of carbonyl (C=O) groups excluding carboxylic acids is 1. The minimum Gasteiger partial charge on any atom is -0.384 e. The Labute approximate surface area is 127 Å². The molecule has 2 rings (SSSR count). The Balaban J connectivity index is 1.63. The predicted molar refractivity (Wildman–Crippen MR) is 82.1 cm³/mol. The predicted octanol–water partition coefficient (Wildman–Crippen LogP) is 1.54. The molecule has 0 spiro atoms. The van der Waals surface area contributed by atoms with E-state index in [2.05, 4.69) is 15.7 Å². The monoisotopic (exact) mass is 308 g/mol. The van der Waals surface area contributed by atoms with E-state index in [1.165, 1.54) is 11.3 Å². The van der Waals surface area contributed by atoms with Gasteiger partial charge in [0.1, 0.15) is 5.60 Å². The fraction of sp³-hybridized carbons (Fsp3) is 0.429. The van der Waals surface area contributed by atoms with E-state index in [9.17, 15) is 9.90 Å². The highest BCUT2D eigenvalue weighted by Gasteiger charge is 2.23. The van der Waals surface area contributed by atoms with Gasteiger partial charge in [0.25, 0.3) is 0 Å². The number of urea groups is 1. The van der Waals surface area contributed by atoms with Crippen molar-refractivity contribution in [3.05, 3.63) is 40.8 Å². The molecule has 0 radical (unpaired) electrons. The molecule has 114 valence electrons. The van der Waals surface area contributed by atoms with Gasteiger partial charge in [0.05, 0.1) is 6.54 Å². The molecule has 0 fully saturated rings. The number of nitrogens with one attached hydrogen (secondary N) is 2. The third-order valence-electron chi connectivity index (χ3n) is 3.14. The average Bonchev–Trinajstić information content (AvgIpc) is 3.14. The average molecular weight is 308 g/mol. The van der Waals surface area contributed by atoms with Gasteiger partial charge in [0.2, 0.25) is 0 Å². The fourth-order valence-corrected chi connectivity index (χ4v) is 2.65. The first-order valence-corrected chi connectivity index (χ1v) is 7.76. The van der Waals surface area contributed by atoms with Gasteiger partial charge in [-0.1, -0.05) is 0 Å². The van der Waals surface area contributed by atoms with Crippen LogP contribution in [0, 0.1) is 0 Å². The molecule has 6 nitrogen and oxygen atoms in total. The highest BCUT2D eigenvalue weighted by Crippen LogP contribution is 2.21. The topological polar surface area (TPSA) is 79.2 Å². The SMILES string of the molecule is CC(O)(CNC(=O)NCCCn1cccn1)c1ccsc1. The van der Waals surface area contributed by atoms with Crippen LogP contribution in [0.5, 0.6) is 0 Å². The van der Waals surface area contributed by atoms with Crippen LogP contribution >= 0.6 is 11.3 Å². The lowest BCUT2D eigenvalue weighted by Gasteiger charge is -2.22. The molecule has 2 amide bonds. The van der Waals surface area contributed by atoms with E-state index < -0.39 is 5.60 Å². The summed E-state index contributed by atoms with van der Waals surface area (Å²) >= 11 is 1.52. The van der Waals surface area contributed by atoms with Crippen molar-refractivity contribution in [3.8, 4) is 0 Å². The summed E-state index contributed by atoms with van der Waals surface area (Å²) < 4.78 is 1.82. The minimum atomic E-state index is -1.05. The van der Waals surface area contributed by atoms with Crippen LogP contribution < -0.4 is 10.6 Å². The van der Waals surface area contributed by atoms with Crippen molar-refractivity contribution in [1.29, 1.82) is 0 Å². The number of aryl methyl sites for hydroxylation is 1. The molecule has 1 atom stereocenters. The van der Waals surface area contributed by atoms with Gasteiger partial charge in [-0.2, -0.15) is 16.4 Å². The van der Waals surface area contributed by atoms with E-state index in [1.807, 2.05) is 33.8 Å². The van der Waals surface area contributed by atoms with E-state index in [0.29, 0.717) is 6.54 Å². The Bertz CT molecular complexity index is 537. The zero-order valence-corrected chi connectivity index (χ0v) is 12.8. The van der Waals surface area contributed by atoms with Crippen LogP contribution in [0.25, 0.3) is 0 Å². The van der Waals surface area contributed by atoms with E-state index in [-0.39, 0.29) is 12.6 Å². The lowest BCUT2D eigenvalue weighted by Crippen LogP contribution is -2.43. The first-order chi connectivity index (χ1) is 10.1. The van der Waals surface area contributed by atoms with Crippen molar-refractivity contribution in [1.82, 2.24) is 20.4 Å². The Morgan fingerprint density at radius 1 is 1.52 bits per heavy atom. The molecule has 0 aliphatic carbocycles. The van der Waals surface area contributed by atoms with Crippen molar-refractivity contribution < 1.29 is 9.90 Å². The maximum absolute atomic E-state index is 11.7. The number of hydrogen-bond donors (Lipinski definition) is 3. The number of carbonyl (C=O) groups is 1. The summed E-state index contributed by atoms with van der Waals surface area (Å²) in [5.74, 6) is 0. The molecule has 0 aromatic carbocycles. The second kappa shape index (κ2) is 7.24. The third-order valence-corrected chi connectivity index (χ3v) is 3.83. The molecule has 1 unspecified atom stereocenters. The van der Waals surface area contributed by atoms with Gasteiger partial charge in [-0.25, -0.2) is 4.79 Å². The molecule has 2 aromatic heterocycles. The summed E-state index contributed by atoms with van der Waals surface area (Å²) in [6.45, 7) is 3.19. The quantitative estimate of drug-likeness (QED) is 0.679. The molecule has 2 aromatic rings. The van der Waals surface area contributed by atoms with Crippen LogP contribution in [-0.2, 0) is 12.1 Å². The van der Waals surface area contributed by atoms with Crippen molar-refractivity contribution in [2.45, 2.75) is 25.5 Å². The number of aromatic nitrogens is 2. The third kappa shape index (κ3) is 4.87. The van der Waals surface area contributed by atoms with Gasteiger partial charge < -0.3 is 15.7 Å². The molecule has 21 heavy (non-hydrogen) atoms. The van der Waals surface area contributed by atoms with Crippen molar-refractivity contribution in [2.75, 3.05) is 13.1 Å². The molecule has 0 saturated carbocycles. The molecular weight excluding hydrogens is 288 g/mol. The lowest BCUT2D eigenvalue weighted by molar-refractivity contribution is 0.0598. The fourth-order valence-electron chi connectivity index (χ4n) is 1.86. The number of nitrogens with zero attached hydrogens (tertiary/aromatic N) is 2. The summed E-state index contributed by atoms with van der Waals surface area (Å²) in [5, 5.41) is 23.6. The summed E-state index contributed by atoms with van der Waals surface area (Å²) in [4.78, 5) is 11.7. The number of amides is 2. The van der Waals surface area contributed by atoms with Gasteiger partial charge in [0.15, 0.2) is 0 Å². The van der Waals surface area contributed by atoms with Crippen molar-refractivity contribution in [2.24, 2.45) is 0 Å². The Morgan fingerprint density at radius 2 is 2.38 bits per heavy atom. The highest BCUT2D eigenvalue weighted by atomic mass is 32.1. The van der Waals surface area contributed by atoms with Crippen LogP contribution in [0.3, 0.4) is 0 Å². The summed E-state index contributed by atoms with van der Waals surface area (Å²) in [5.41, 5.74) is -0.238. The van der Waals surface area contributed by atoms with Gasteiger partial charge in [-0.15, -0.1) is 0 Å². The lowest BCUT2D eigenvalue weighted by atomic mass is 9.99. The van der Waals surface area contributed by atoms with E-state index in [0.717, 1.165) is 18.5 Å². The number of thiophene rings is 1. The summed E-state index contributed by atoms with van der Waals surface area (Å²) in [6, 6.07) is 3.45. The first-order valence-electron chi connectivity index (χ1n) is 6.82. The molecule has 0 saturated heterocycles. The standard InChI is InChI=1S/C14H20N4O2S/c1-14(20,12-4-9-21-10-12)11-16-13(19)15-5-2-7-18-8-3-6-17-18/h3-4,6,8-10,20H,2,5,7,11H2,1H3,(H2,15,16,19). The number of rotatable bonds is 7. The Hall–Kier alpha value is -1.86. The van der Waals surface area contributed by atoms with E-state index in [4.69, 9.17) is 0 Å².